The van der Waals surface area contributed by atoms with Gasteiger partial charge in [-0.25, -0.2) is 0 Å². The molecule has 0 spiro atoms. The Bertz CT molecular complexity index is 780. The van der Waals surface area contributed by atoms with Crippen LogP contribution in [-0.2, 0) is 4.43 Å². The number of benzene rings is 2. The van der Waals surface area contributed by atoms with Crippen molar-refractivity contribution >= 4 is 25.8 Å². The molecule has 2 aromatic carbocycles. The van der Waals surface area contributed by atoms with Gasteiger partial charge in [0.15, 0.2) is 8.32 Å². The van der Waals surface area contributed by atoms with Crippen LogP contribution in [-0.4, -0.2) is 38.9 Å². The highest BCUT2D eigenvalue weighted by Crippen LogP contribution is 2.10. The summed E-state index contributed by atoms with van der Waals surface area (Å²) in [7, 11) is -1.59. The van der Waals surface area contributed by atoms with Gasteiger partial charge in [0.2, 0.25) is 11.6 Å². The number of amides is 1. The van der Waals surface area contributed by atoms with Crippen LogP contribution >= 0.6 is 0 Å². The molecule has 2 rings (SSSR count). The molecule has 0 aliphatic rings. The zero-order valence-corrected chi connectivity index (χ0v) is 16.2. The first kappa shape index (κ1) is 19.7. The molecule has 0 unspecified atom stereocenters. The summed E-state index contributed by atoms with van der Waals surface area (Å²) in [5, 5.41) is 2.78. The van der Waals surface area contributed by atoms with Crippen LogP contribution in [0.5, 0.6) is 0 Å². The van der Waals surface area contributed by atoms with Crippen molar-refractivity contribution in [2.75, 3.05) is 13.2 Å². The van der Waals surface area contributed by atoms with Crippen LogP contribution in [0.3, 0.4) is 0 Å². The average Bonchev–Trinajstić information content (AvgIpc) is 2.64. The summed E-state index contributed by atoms with van der Waals surface area (Å²) in [6, 6.07) is 14.5. The highest BCUT2D eigenvalue weighted by atomic mass is 28.4. The fourth-order valence-corrected chi connectivity index (χ4v) is 2.96. The lowest BCUT2D eigenvalue weighted by atomic mass is 10.0. The molecule has 0 atom stereocenters. The summed E-state index contributed by atoms with van der Waals surface area (Å²) >= 11 is 0. The first-order valence-electron chi connectivity index (χ1n) is 8.44. The van der Waals surface area contributed by atoms with E-state index in [1.54, 1.807) is 42.5 Å². The summed E-state index contributed by atoms with van der Waals surface area (Å²) in [5.41, 5.74) is 1.04. The fraction of sp³-hybridized carbons (Fsp3) is 0.250. The number of carbonyl (C=O) groups excluding carboxylic acids is 3. The van der Waals surface area contributed by atoms with Gasteiger partial charge in [0, 0.05) is 23.2 Å². The van der Waals surface area contributed by atoms with Crippen molar-refractivity contribution in [2.24, 2.45) is 0 Å². The van der Waals surface area contributed by atoms with Crippen LogP contribution in [0.4, 0.5) is 0 Å². The summed E-state index contributed by atoms with van der Waals surface area (Å²) < 4.78 is 5.68. The van der Waals surface area contributed by atoms with Crippen molar-refractivity contribution in [3.63, 3.8) is 0 Å². The van der Waals surface area contributed by atoms with Crippen LogP contribution in [0.2, 0.25) is 19.6 Å². The van der Waals surface area contributed by atoms with Crippen molar-refractivity contribution in [1.29, 1.82) is 0 Å². The topological polar surface area (TPSA) is 72.5 Å². The predicted molar refractivity (Wildman–Crippen MR) is 103 cm³/mol. The molecule has 1 N–H and O–H groups in total. The van der Waals surface area contributed by atoms with E-state index in [4.69, 9.17) is 4.43 Å². The zero-order chi connectivity index (χ0) is 19.2. The van der Waals surface area contributed by atoms with Crippen LogP contribution in [0.25, 0.3) is 0 Å². The van der Waals surface area contributed by atoms with E-state index in [0.29, 0.717) is 24.3 Å². The third-order valence-electron chi connectivity index (χ3n) is 3.57. The maximum atomic E-state index is 12.3. The standard InChI is InChI=1S/C20H23NO4Si/c1-26(2,3)25-14-13-21-20(24)17-11-9-16(10-12-17)19(23)18(22)15-7-5-4-6-8-15/h4-12H,13-14H2,1-3H3,(H,21,24). The van der Waals surface area contributed by atoms with E-state index in [1.807, 2.05) is 0 Å². The number of ketones is 2. The molecular weight excluding hydrogens is 346 g/mol. The number of hydrogen-bond acceptors (Lipinski definition) is 4. The van der Waals surface area contributed by atoms with Gasteiger partial charge in [0.05, 0.1) is 6.61 Å². The van der Waals surface area contributed by atoms with Gasteiger partial charge in [-0.05, 0) is 31.8 Å². The quantitative estimate of drug-likeness (QED) is 0.335. The predicted octanol–water partition coefficient (Wildman–Crippen LogP) is 3.33. The number of nitrogens with one attached hydrogen (secondary N) is 1. The van der Waals surface area contributed by atoms with Crippen LogP contribution in [0, 0.1) is 0 Å². The van der Waals surface area contributed by atoms with Crippen molar-refractivity contribution in [3.05, 3.63) is 71.3 Å². The minimum absolute atomic E-state index is 0.238. The minimum atomic E-state index is -1.59. The molecule has 5 nitrogen and oxygen atoms in total. The van der Waals surface area contributed by atoms with Crippen LogP contribution in [0.1, 0.15) is 31.1 Å². The van der Waals surface area contributed by atoms with E-state index in [-0.39, 0.29) is 11.5 Å². The Labute approximate surface area is 154 Å². The molecule has 0 bridgehead atoms. The maximum absolute atomic E-state index is 12.3. The molecule has 0 aliphatic heterocycles. The number of carbonyl (C=O) groups is 3. The molecule has 136 valence electrons. The molecule has 1 amide bonds. The van der Waals surface area contributed by atoms with E-state index in [1.165, 1.54) is 12.1 Å². The molecule has 0 radical (unpaired) electrons. The maximum Gasteiger partial charge on any atom is 0.251 e. The zero-order valence-electron chi connectivity index (χ0n) is 15.2. The lowest BCUT2D eigenvalue weighted by Crippen LogP contribution is -2.32. The average molecular weight is 369 g/mol. The van der Waals surface area contributed by atoms with Crippen molar-refractivity contribution in [1.82, 2.24) is 5.32 Å². The molecule has 6 heteroatoms. The normalized spacial score (nSPS) is 11.0. The van der Waals surface area contributed by atoms with Gasteiger partial charge >= 0.3 is 0 Å². The number of hydrogen-bond donors (Lipinski definition) is 1. The molecule has 2 aromatic rings. The van der Waals surface area contributed by atoms with Gasteiger partial charge < -0.3 is 9.74 Å². The Morgan fingerprint density at radius 1 is 0.808 bits per heavy atom. The highest BCUT2D eigenvalue weighted by Gasteiger charge is 2.18. The number of Topliss-reactive ketones (excluding diaryl/α,β-unsaturated/α-hetero) is 2. The Balaban J connectivity index is 1.94. The van der Waals surface area contributed by atoms with Gasteiger partial charge in [-0.15, -0.1) is 0 Å². The molecule has 0 aliphatic carbocycles. The van der Waals surface area contributed by atoms with E-state index < -0.39 is 19.9 Å². The Morgan fingerprint density at radius 3 is 1.85 bits per heavy atom. The van der Waals surface area contributed by atoms with Gasteiger partial charge in [-0.2, -0.15) is 0 Å². The smallest absolute Gasteiger partial charge is 0.251 e. The third-order valence-corrected chi connectivity index (χ3v) is 4.64. The van der Waals surface area contributed by atoms with Gasteiger partial charge in [0.1, 0.15) is 0 Å². The van der Waals surface area contributed by atoms with Crippen molar-refractivity contribution < 1.29 is 18.8 Å². The Morgan fingerprint density at radius 2 is 1.31 bits per heavy atom. The highest BCUT2D eigenvalue weighted by molar-refractivity contribution is 6.69. The first-order chi connectivity index (χ1) is 12.3. The molecule has 0 fully saturated rings. The molecule has 0 saturated carbocycles. The van der Waals surface area contributed by atoms with Crippen molar-refractivity contribution in [2.45, 2.75) is 19.6 Å². The van der Waals surface area contributed by atoms with Gasteiger partial charge in [-0.3, -0.25) is 14.4 Å². The van der Waals surface area contributed by atoms with Crippen molar-refractivity contribution in [3.8, 4) is 0 Å². The Hall–Kier alpha value is -2.57. The monoisotopic (exact) mass is 369 g/mol. The van der Waals surface area contributed by atoms with E-state index in [2.05, 4.69) is 25.0 Å². The van der Waals surface area contributed by atoms with E-state index in [9.17, 15) is 14.4 Å². The molecule has 26 heavy (non-hydrogen) atoms. The van der Waals surface area contributed by atoms with Crippen LogP contribution < -0.4 is 5.32 Å². The largest absolute Gasteiger partial charge is 0.416 e. The molecule has 0 aromatic heterocycles. The van der Waals surface area contributed by atoms with Crippen LogP contribution in [0.15, 0.2) is 54.6 Å². The van der Waals surface area contributed by atoms with Gasteiger partial charge in [0.25, 0.3) is 5.91 Å². The second-order valence-corrected chi connectivity index (χ2v) is 11.3. The summed E-state index contributed by atoms with van der Waals surface area (Å²) in [4.78, 5) is 36.5. The number of rotatable bonds is 8. The van der Waals surface area contributed by atoms with E-state index in [0.717, 1.165) is 0 Å². The third kappa shape index (κ3) is 5.75. The minimum Gasteiger partial charge on any atom is -0.416 e. The fourth-order valence-electron chi connectivity index (χ4n) is 2.25. The van der Waals surface area contributed by atoms with E-state index >= 15 is 0 Å². The molecule has 0 heterocycles. The molecule has 0 saturated heterocycles. The summed E-state index contributed by atoms with van der Waals surface area (Å²) in [6.45, 7) is 7.16. The van der Waals surface area contributed by atoms with Gasteiger partial charge in [-0.1, -0.05) is 42.5 Å². The SMILES string of the molecule is C[Si](C)(C)OCCNC(=O)c1ccc(C(=O)C(=O)c2ccccc2)cc1. The lowest BCUT2D eigenvalue weighted by molar-refractivity contribution is 0.0817. The lowest BCUT2D eigenvalue weighted by Gasteiger charge is -2.17. The Kier molecular flexibility index (Phi) is 6.60. The summed E-state index contributed by atoms with van der Waals surface area (Å²) in [5.74, 6) is -1.39. The first-order valence-corrected chi connectivity index (χ1v) is 11.8. The second kappa shape index (κ2) is 8.69. The second-order valence-electron chi connectivity index (χ2n) is 6.82. The molecular formula is C20H23NO4Si. The summed E-state index contributed by atoms with van der Waals surface area (Å²) in [6.07, 6.45) is 0.